The first-order chi connectivity index (χ1) is 11.6. The minimum absolute atomic E-state index is 0.0561. The third-order valence-electron chi connectivity index (χ3n) is 5.53. The SMILES string of the molecule is CC(/C=C1C=C(/C=C/[C@@]23O[C@]2(C)C[C@@H](O)CC3(C)C)C(=O)O/1)=C\CO. The summed E-state index contributed by atoms with van der Waals surface area (Å²) in [6, 6.07) is 0. The predicted octanol–water partition coefficient (Wildman–Crippen LogP) is 2.56. The van der Waals surface area contributed by atoms with E-state index in [9.17, 15) is 9.90 Å². The molecule has 5 nitrogen and oxygen atoms in total. The normalized spacial score (nSPS) is 38.7. The van der Waals surface area contributed by atoms with Gasteiger partial charge >= 0.3 is 5.97 Å². The molecule has 2 N–H and O–H groups in total. The van der Waals surface area contributed by atoms with Gasteiger partial charge in [-0.15, -0.1) is 0 Å². The highest BCUT2D eigenvalue weighted by Gasteiger charge is 2.74. The van der Waals surface area contributed by atoms with Gasteiger partial charge < -0.3 is 19.7 Å². The average molecular weight is 346 g/mol. The van der Waals surface area contributed by atoms with E-state index >= 15 is 0 Å². The first kappa shape index (κ1) is 18.1. The van der Waals surface area contributed by atoms with Gasteiger partial charge in [-0.25, -0.2) is 4.79 Å². The van der Waals surface area contributed by atoms with E-state index in [0.29, 0.717) is 24.2 Å². The first-order valence-electron chi connectivity index (χ1n) is 8.63. The zero-order valence-electron chi connectivity index (χ0n) is 15.2. The van der Waals surface area contributed by atoms with E-state index in [1.165, 1.54) is 0 Å². The number of fused-ring (bicyclic) bond motifs is 1. The van der Waals surface area contributed by atoms with E-state index in [0.717, 1.165) is 5.57 Å². The summed E-state index contributed by atoms with van der Waals surface area (Å²) in [5.41, 5.74) is 0.202. The Morgan fingerprint density at radius 2 is 2.08 bits per heavy atom. The molecule has 3 aliphatic rings. The van der Waals surface area contributed by atoms with E-state index in [4.69, 9.17) is 14.6 Å². The number of carbonyl (C=O) groups is 1. The summed E-state index contributed by atoms with van der Waals surface area (Å²) < 4.78 is 11.3. The smallest absolute Gasteiger partial charge is 0.343 e. The number of esters is 1. The largest absolute Gasteiger partial charge is 0.423 e. The van der Waals surface area contributed by atoms with Crippen LogP contribution in [-0.4, -0.2) is 40.1 Å². The Hall–Kier alpha value is -1.69. The highest BCUT2D eigenvalue weighted by atomic mass is 16.6. The lowest BCUT2D eigenvalue weighted by Gasteiger charge is -2.39. The summed E-state index contributed by atoms with van der Waals surface area (Å²) in [5, 5.41) is 19.0. The highest BCUT2D eigenvalue weighted by molar-refractivity contribution is 5.95. The molecule has 2 heterocycles. The summed E-state index contributed by atoms with van der Waals surface area (Å²) >= 11 is 0. The maximum Gasteiger partial charge on any atom is 0.343 e. The molecule has 0 bridgehead atoms. The van der Waals surface area contributed by atoms with Crippen molar-refractivity contribution in [2.24, 2.45) is 5.41 Å². The van der Waals surface area contributed by atoms with Gasteiger partial charge in [0.1, 0.15) is 17.0 Å². The molecule has 3 atom stereocenters. The van der Waals surface area contributed by atoms with Crippen molar-refractivity contribution in [3.05, 3.63) is 47.3 Å². The summed E-state index contributed by atoms with van der Waals surface area (Å²) in [7, 11) is 0. The molecule has 2 fully saturated rings. The molecule has 0 radical (unpaired) electrons. The Morgan fingerprint density at radius 1 is 1.36 bits per heavy atom. The second-order valence-electron chi connectivity index (χ2n) is 8.01. The van der Waals surface area contributed by atoms with Gasteiger partial charge in [0, 0.05) is 11.8 Å². The van der Waals surface area contributed by atoms with Gasteiger partial charge in [-0.3, -0.25) is 0 Å². The lowest BCUT2D eigenvalue weighted by molar-refractivity contribution is -0.132. The van der Waals surface area contributed by atoms with Crippen LogP contribution in [0.4, 0.5) is 0 Å². The van der Waals surface area contributed by atoms with Crippen LogP contribution in [-0.2, 0) is 14.3 Å². The van der Waals surface area contributed by atoms with E-state index in [2.05, 4.69) is 13.8 Å². The van der Waals surface area contributed by atoms with Crippen molar-refractivity contribution in [1.82, 2.24) is 0 Å². The van der Waals surface area contributed by atoms with Gasteiger partial charge in [0.05, 0.1) is 18.3 Å². The number of ether oxygens (including phenoxy) is 2. The highest BCUT2D eigenvalue weighted by Crippen LogP contribution is 2.66. The summed E-state index contributed by atoms with van der Waals surface area (Å²) in [6.45, 7) is 7.95. The standard InChI is InChI=1S/C20H26O5/c1-13(6-8-21)9-16-10-14(17(23)24-16)5-7-20-18(2,3)11-15(22)12-19(20,4)25-20/h5-7,9-10,15,21-22H,8,11-12H2,1-4H3/b7-5+,13-6+,16-9-/t15-,19+,20-/m0/s1. The Labute approximate surface area is 148 Å². The molecule has 0 spiro atoms. The molecule has 1 aliphatic carbocycles. The minimum Gasteiger partial charge on any atom is -0.423 e. The molecule has 0 aromatic heterocycles. The number of epoxide rings is 1. The molecule has 2 aliphatic heterocycles. The van der Waals surface area contributed by atoms with Gasteiger partial charge in [-0.2, -0.15) is 0 Å². The molecule has 25 heavy (non-hydrogen) atoms. The topological polar surface area (TPSA) is 79.3 Å². The van der Waals surface area contributed by atoms with Crippen molar-refractivity contribution in [1.29, 1.82) is 0 Å². The number of allylic oxidation sites excluding steroid dienone is 3. The van der Waals surface area contributed by atoms with Crippen molar-refractivity contribution in [2.75, 3.05) is 6.61 Å². The van der Waals surface area contributed by atoms with E-state index in [1.807, 2.05) is 19.9 Å². The van der Waals surface area contributed by atoms with Gasteiger partial charge in [-0.05, 0) is 50.1 Å². The van der Waals surface area contributed by atoms with Crippen LogP contribution in [0, 0.1) is 5.41 Å². The maximum absolute atomic E-state index is 12.1. The third-order valence-corrected chi connectivity index (χ3v) is 5.53. The number of carbonyl (C=O) groups excluding carboxylic acids is 1. The first-order valence-corrected chi connectivity index (χ1v) is 8.63. The summed E-state index contributed by atoms with van der Waals surface area (Å²) in [6.07, 6.45) is 9.65. The van der Waals surface area contributed by atoms with Crippen LogP contribution in [0.3, 0.4) is 0 Å². The minimum atomic E-state index is -0.473. The lowest BCUT2D eigenvalue weighted by atomic mass is 9.63. The number of rotatable bonds is 4. The molecule has 0 amide bonds. The zero-order valence-corrected chi connectivity index (χ0v) is 15.2. The quantitative estimate of drug-likeness (QED) is 0.604. The number of aliphatic hydroxyl groups excluding tert-OH is 2. The summed E-state index contributed by atoms with van der Waals surface area (Å²) in [5.74, 6) is 0.0638. The van der Waals surface area contributed by atoms with Gasteiger partial charge in [0.15, 0.2) is 0 Å². The van der Waals surface area contributed by atoms with E-state index in [-0.39, 0.29) is 18.1 Å². The van der Waals surface area contributed by atoms with Gasteiger partial charge in [0.2, 0.25) is 0 Å². The van der Waals surface area contributed by atoms with Crippen molar-refractivity contribution >= 4 is 5.97 Å². The van der Waals surface area contributed by atoms with Crippen molar-refractivity contribution in [3.63, 3.8) is 0 Å². The molecule has 0 aromatic carbocycles. The Morgan fingerprint density at radius 3 is 2.72 bits per heavy atom. The summed E-state index contributed by atoms with van der Waals surface area (Å²) in [4.78, 5) is 12.1. The fraction of sp³-hybridized carbons (Fsp3) is 0.550. The van der Waals surface area contributed by atoms with Gasteiger partial charge in [-0.1, -0.05) is 19.9 Å². The van der Waals surface area contributed by atoms with Gasteiger partial charge in [0.25, 0.3) is 0 Å². The van der Waals surface area contributed by atoms with E-state index in [1.54, 1.807) is 24.3 Å². The van der Waals surface area contributed by atoms with Crippen LogP contribution in [0.5, 0.6) is 0 Å². The number of cyclic esters (lactones) is 1. The van der Waals surface area contributed by atoms with Crippen LogP contribution in [0.15, 0.2) is 47.3 Å². The molecule has 0 aromatic rings. The second kappa shape index (κ2) is 5.94. The van der Waals surface area contributed by atoms with Crippen molar-refractivity contribution in [3.8, 4) is 0 Å². The molecule has 136 valence electrons. The van der Waals surface area contributed by atoms with Crippen LogP contribution in [0.25, 0.3) is 0 Å². The fourth-order valence-electron chi connectivity index (χ4n) is 4.30. The van der Waals surface area contributed by atoms with Crippen molar-refractivity contribution < 1.29 is 24.5 Å². The molecular weight excluding hydrogens is 320 g/mol. The Balaban J connectivity index is 1.83. The predicted molar refractivity (Wildman–Crippen MR) is 93.5 cm³/mol. The average Bonchev–Trinajstić information content (AvgIpc) is 2.94. The Bertz CT molecular complexity index is 712. The fourth-order valence-corrected chi connectivity index (χ4v) is 4.30. The van der Waals surface area contributed by atoms with Crippen molar-refractivity contribution in [2.45, 2.75) is 57.8 Å². The number of hydrogen-bond acceptors (Lipinski definition) is 5. The molecule has 1 saturated carbocycles. The second-order valence-corrected chi connectivity index (χ2v) is 8.01. The van der Waals surface area contributed by atoms with Crippen LogP contribution in [0.1, 0.15) is 40.5 Å². The lowest BCUT2D eigenvalue weighted by Crippen LogP contribution is -2.46. The number of aliphatic hydroxyl groups is 2. The monoisotopic (exact) mass is 346 g/mol. The molecule has 1 saturated heterocycles. The van der Waals surface area contributed by atoms with Crippen LogP contribution < -0.4 is 0 Å². The third kappa shape index (κ3) is 3.01. The van der Waals surface area contributed by atoms with Crippen LogP contribution in [0.2, 0.25) is 0 Å². The molecule has 3 rings (SSSR count). The number of hydrogen-bond donors (Lipinski definition) is 2. The maximum atomic E-state index is 12.1. The molecule has 5 heteroatoms. The van der Waals surface area contributed by atoms with Crippen LogP contribution >= 0.6 is 0 Å². The molecular formula is C20H26O5. The molecule has 0 unspecified atom stereocenters. The zero-order chi connectivity index (χ0) is 18.5. The Kier molecular flexibility index (Phi) is 4.30. The van der Waals surface area contributed by atoms with E-state index < -0.39 is 17.2 Å².